The lowest BCUT2D eigenvalue weighted by molar-refractivity contribution is -0.113. The number of nitrogens with zero attached hydrogens (tertiary/aromatic N) is 3. The number of methoxy groups -OCH3 is 1. The minimum Gasteiger partial charge on any atom is -0.495 e. The average Bonchev–Trinajstić information content (AvgIpc) is 3.35. The standard InChI is InChI=1S/C28H27N5O3/c1-18-7-6-8-20(15-18)16-36-22-13-11-21(12-14-22)26-25(19(2)31-28-29-17-30-33(26)28)27(34)32-23-9-4-5-10-24(23)35-3/h4-15,17,26H,16H2,1-3H3,(H,32,34)(H,29,30,31)/t26-/m0/s1. The summed E-state index contributed by atoms with van der Waals surface area (Å²) in [6.45, 7) is 4.40. The van der Waals surface area contributed by atoms with Crippen LogP contribution in [-0.4, -0.2) is 27.8 Å². The smallest absolute Gasteiger partial charge is 0.255 e. The third kappa shape index (κ3) is 4.65. The molecule has 1 aliphatic heterocycles. The van der Waals surface area contributed by atoms with Gasteiger partial charge in [0.2, 0.25) is 5.95 Å². The van der Waals surface area contributed by atoms with E-state index in [1.165, 1.54) is 11.9 Å². The van der Waals surface area contributed by atoms with E-state index in [1.807, 2.05) is 55.5 Å². The Kier molecular flexibility index (Phi) is 6.40. The monoisotopic (exact) mass is 481 g/mol. The molecule has 0 saturated carbocycles. The molecule has 0 unspecified atom stereocenters. The molecule has 1 aliphatic rings. The highest BCUT2D eigenvalue weighted by atomic mass is 16.5. The van der Waals surface area contributed by atoms with Crippen LogP contribution in [0.15, 0.2) is 90.4 Å². The molecule has 0 spiro atoms. The van der Waals surface area contributed by atoms with Crippen molar-refractivity contribution in [1.82, 2.24) is 14.8 Å². The van der Waals surface area contributed by atoms with E-state index in [9.17, 15) is 4.79 Å². The molecule has 1 atom stereocenters. The summed E-state index contributed by atoms with van der Waals surface area (Å²) in [6.07, 6.45) is 1.48. The number of anilines is 2. The molecule has 182 valence electrons. The maximum atomic E-state index is 13.6. The minimum atomic E-state index is -0.468. The molecule has 8 heteroatoms. The van der Waals surface area contributed by atoms with Crippen LogP contribution in [-0.2, 0) is 11.4 Å². The molecule has 1 amide bonds. The fraction of sp³-hybridized carbons (Fsp3) is 0.179. The lowest BCUT2D eigenvalue weighted by Gasteiger charge is -2.29. The Bertz CT molecular complexity index is 1430. The van der Waals surface area contributed by atoms with Crippen molar-refractivity contribution in [3.63, 3.8) is 0 Å². The maximum absolute atomic E-state index is 13.6. The van der Waals surface area contributed by atoms with E-state index in [0.717, 1.165) is 16.9 Å². The molecule has 3 aromatic carbocycles. The van der Waals surface area contributed by atoms with Gasteiger partial charge in [-0.2, -0.15) is 10.1 Å². The number of allylic oxidation sites excluding steroid dienone is 1. The van der Waals surface area contributed by atoms with Gasteiger partial charge in [-0.15, -0.1) is 0 Å². The van der Waals surface area contributed by atoms with Crippen LogP contribution in [0.25, 0.3) is 0 Å². The Morgan fingerprint density at radius 2 is 1.86 bits per heavy atom. The molecule has 0 radical (unpaired) electrons. The largest absolute Gasteiger partial charge is 0.495 e. The third-order valence-electron chi connectivity index (χ3n) is 6.08. The molecule has 2 N–H and O–H groups in total. The highest BCUT2D eigenvalue weighted by Gasteiger charge is 2.33. The van der Waals surface area contributed by atoms with Crippen molar-refractivity contribution in [2.75, 3.05) is 17.7 Å². The molecule has 2 heterocycles. The zero-order valence-electron chi connectivity index (χ0n) is 20.4. The molecule has 4 aromatic rings. The molecule has 1 aromatic heterocycles. The first-order valence-electron chi connectivity index (χ1n) is 11.6. The number of fused-ring (bicyclic) bond motifs is 1. The Hall–Kier alpha value is -4.59. The van der Waals surface area contributed by atoms with E-state index in [2.05, 4.69) is 39.8 Å². The van der Waals surface area contributed by atoms with Crippen LogP contribution < -0.4 is 20.1 Å². The number of carbonyl (C=O) groups excluding carboxylic acids is 1. The molecule has 36 heavy (non-hydrogen) atoms. The zero-order valence-corrected chi connectivity index (χ0v) is 20.4. The number of carbonyl (C=O) groups is 1. The number of aryl methyl sites for hydroxylation is 1. The first-order chi connectivity index (χ1) is 17.5. The molecular formula is C28H27N5O3. The number of nitrogens with one attached hydrogen (secondary N) is 2. The van der Waals surface area contributed by atoms with Gasteiger partial charge < -0.3 is 20.1 Å². The summed E-state index contributed by atoms with van der Waals surface area (Å²) in [5, 5.41) is 10.6. The second-order valence-electron chi connectivity index (χ2n) is 8.60. The van der Waals surface area contributed by atoms with Crippen molar-refractivity contribution in [2.24, 2.45) is 0 Å². The van der Waals surface area contributed by atoms with Gasteiger partial charge in [0.05, 0.1) is 18.4 Å². The summed E-state index contributed by atoms with van der Waals surface area (Å²) in [7, 11) is 1.57. The van der Waals surface area contributed by atoms with Crippen LogP contribution >= 0.6 is 0 Å². The van der Waals surface area contributed by atoms with E-state index < -0.39 is 6.04 Å². The van der Waals surface area contributed by atoms with E-state index >= 15 is 0 Å². The summed E-state index contributed by atoms with van der Waals surface area (Å²) >= 11 is 0. The molecule has 0 bridgehead atoms. The molecule has 0 fully saturated rings. The summed E-state index contributed by atoms with van der Waals surface area (Å²) < 4.78 is 13.1. The topological polar surface area (TPSA) is 90.3 Å². The van der Waals surface area contributed by atoms with Gasteiger partial charge in [-0.1, -0.05) is 54.1 Å². The molecule has 0 saturated heterocycles. The maximum Gasteiger partial charge on any atom is 0.255 e. The van der Waals surface area contributed by atoms with Crippen LogP contribution in [0.4, 0.5) is 11.6 Å². The van der Waals surface area contributed by atoms with Crippen molar-refractivity contribution in [1.29, 1.82) is 0 Å². The van der Waals surface area contributed by atoms with Gasteiger partial charge in [-0.05, 0) is 49.2 Å². The lowest BCUT2D eigenvalue weighted by atomic mass is 9.95. The third-order valence-corrected chi connectivity index (χ3v) is 6.08. The van der Waals surface area contributed by atoms with Gasteiger partial charge in [0.15, 0.2) is 0 Å². The number of aromatic nitrogens is 3. The van der Waals surface area contributed by atoms with Gasteiger partial charge in [-0.25, -0.2) is 4.68 Å². The number of para-hydroxylation sites is 2. The quantitative estimate of drug-likeness (QED) is 0.382. The van der Waals surface area contributed by atoms with Crippen LogP contribution in [0, 0.1) is 6.92 Å². The normalized spacial score (nSPS) is 14.6. The van der Waals surface area contributed by atoms with Crippen molar-refractivity contribution >= 4 is 17.5 Å². The van der Waals surface area contributed by atoms with E-state index in [0.29, 0.717) is 35.3 Å². The number of amides is 1. The second-order valence-corrected chi connectivity index (χ2v) is 8.60. The van der Waals surface area contributed by atoms with Crippen molar-refractivity contribution in [3.05, 3.63) is 107 Å². The van der Waals surface area contributed by atoms with Gasteiger partial charge in [0, 0.05) is 5.70 Å². The van der Waals surface area contributed by atoms with Crippen molar-refractivity contribution in [3.8, 4) is 11.5 Å². The zero-order chi connectivity index (χ0) is 25.1. The van der Waals surface area contributed by atoms with Crippen LogP contribution in [0.5, 0.6) is 11.5 Å². The van der Waals surface area contributed by atoms with Gasteiger partial charge in [0.25, 0.3) is 5.91 Å². The van der Waals surface area contributed by atoms with Crippen LogP contribution in [0.3, 0.4) is 0 Å². The summed E-state index contributed by atoms with van der Waals surface area (Å²) in [5.74, 6) is 1.65. The number of benzene rings is 3. The molecule has 8 nitrogen and oxygen atoms in total. The van der Waals surface area contributed by atoms with Gasteiger partial charge in [0.1, 0.15) is 30.5 Å². The van der Waals surface area contributed by atoms with Crippen LogP contribution in [0.1, 0.15) is 29.7 Å². The summed E-state index contributed by atoms with van der Waals surface area (Å²) in [6, 6.07) is 22.8. The number of rotatable bonds is 7. The van der Waals surface area contributed by atoms with E-state index in [1.54, 1.807) is 23.9 Å². The SMILES string of the molecule is COc1ccccc1NC(=O)C1=C(C)Nc2ncnn2[C@H]1c1ccc(OCc2cccc(C)c2)cc1. The average molecular weight is 482 g/mol. The first kappa shape index (κ1) is 23.2. The molecular weight excluding hydrogens is 454 g/mol. The Morgan fingerprint density at radius 3 is 2.64 bits per heavy atom. The number of hydrogen-bond donors (Lipinski definition) is 2. The van der Waals surface area contributed by atoms with E-state index in [4.69, 9.17) is 9.47 Å². The highest BCUT2D eigenvalue weighted by molar-refractivity contribution is 6.06. The van der Waals surface area contributed by atoms with Gasteiger partial charge in [-0.3, -0.25) is 4.79 Å². The first-order valence-corrected chi connectivity index (χ1v) is 11.6. The summed E-state index contributed by atoms with van der Waals surface area (Å²) in [4.78, 5) is 17.9. The Balaban J connectivity index is 1.42. The van der Waals surface area contributed by atoms with Crippen molar-refractivity contribution < 1.29 is 14.3 Å². The minimum absolute atomic E-state index is 0.254. The molecule has 5 rings (SSSR count). The second kappa shape index (κ2) is 9.95. The Labute approximate surface area is 209 Å². The molecule has 0 aliphatic carbocycles. The highest BCUT2D eigenvalue weighted by Crippen LogP contribution is 2.36. The van der Waals surface area contributed by atoms with E-state index in [-0.39, 0.29) is 5.91 Å². The number of hydrogen-bond acceptors (Lipinski definition) is 6. The number of ether oxygens (including phenoxy) is 2. The fourth-order valence-electron chi connectivity index (χ4n) is 4.35. The predicted octanol–water partition coefficient (Wildman–Crippen LogP) is 5.10. The van der Waals surface area contributed by atoms with Crippen LogP contribution in [0.2, 0.25) is 0 Å². The van der Waals surface area contributed by atoms with Gasteiger partial charge >= 0.3 is 0 Å². The fourth-order valence-corrected chi connectivity index (χ4v) is 4.35. The lowest BCUT2D eigenvalue weighted by Crippen LogP contribution is -2.31. The predicted molar refractivity (Wildman–Crippen MR) is 138 cm³/mol. The Morgan fingerprint density at radius 1 is 1.06 bits per heavy atom. The van der Waals surface area contributed by atoms with Crippen molar-refractivity contribution in [2.45, 2.75) is 26.5 Å². The summed E-state index contributed by atoms with van der Waals surface area (Å²) in [5.41, 5.74) is 5.02.